The fourth-order valence-electron chi connectivity index (χ4n) is 3.27. The van der Waals surface area contributed by atoms with Crippen LogP contribution in [0.2, 0.25) is 0 Å². The molecule has 0 aliphatic carbocycles. The van der Waals surface area contributed by atoms with Gasteiger partial charge in [0.1, 0.15) is 11.4 Å². The monoisotopic (exact) mass is 335 g/mol. The first kappa shape index (κ1) is 16.0. The van der Waals surface area contributed by atoms with E-state index in [0.717, 1.165) is 36.6 Å². The highest BCUT2D eigenvalue weighted by Crippen LogP contribution is 2.20. The fraction of sp³-hybridized carbons (Fsp3) is 0.350. The molecule has 0 fully saturated rings. The molecule has 5 heteroatoms. The van der Waals surface area contributed by atoms with Gasteiger partial charge < -0.3 is 4.42 Å². The predicted molar refractivity (Wildman–Crippen MR) is 96.4 cm³/mol. The average molecular weight is 335 g/mol. The van der Waals surface area contributed by atoms with Crippen LogP contribution >= 0.6 is 0 Å². The summed E-state index contributed by atoms with van der Waals surface area (Å²) in [6, 6.07) is 7.38. The third-order valence-electron chi connectivity index (χ3n) is 4.69. The van der Waals surface area contributed by atoms with E-state index in [4.69, 9.17) is 9.40 Å². The molecule has 1 aliphatic heterocycles. The molecule has 2 aromatic heterocycles. The second-order valence-electron chi connectivity index (χ2n) is 6.90. The first-order valence-electron chi connectivity index (χ1n) is 8.68. The van der Waals surface area contributed by atoms with Crippen LogP contribution in [0.5, 0.6) is 0 Å². The van der Waals surface area contributed by atoms with Crippen LogP contribution in [0.1, 0.15) is 42.4 Å². The minimum atomic E-state index is 0.0547. The van der Waals surface area contributed by atoms with E-state index in [0.29, 0.717) is 29.0 Å². The van der Waals surface area contributed by atoms with Gasteiger partial charge in [0, 0.05) is 55.0 Å². The Morgan fingerprint density at radius 3 is 2.96 bits per heavy atom. The van der Waals surface area contributed by atoms with Crippen molar-refractivity contribution in [2.24, 2.45) is 0 Å². The van der Waals surface area contributed by atoms with E-state index in [2.05, 4.69) is 23.7 Å². The third kappa shape index (κ3) is 3.07. The molecule has 4 rings (SSSR count). The molecule has 1 aliphatic rings. The lowest BCUT2D eigenvalue weighted by Crippen LogP contribution is -2.32. The van der Waals surface area contributed by atoms with Gasteiger partial charge in [-0.3, -0.25) is 9.69 Å². The van der Waals surface area contributed by atoms with Crippen LogP contribution in [0.3, 0.4) is 0 Å². The van der Waals surface area contributed by atoms with Crippen molar-refractivity contribution < 1.29 is 4.42 Å². The van der Waals surface area contributed by atoms with Gasteiger partial charge in [0.25, 0.3) is 0 Å². The molecule has 0 atom stereocenters. The van der Waals surface area contributed by atoms with Gasteiger partial charge in [0.15, 0.2) is 5.43 Å². The quantitative estimate of drug-likeness (QED) is 0.735. The maximum absolute atomic E-state index is 12.7. The zero-order valence-corrected chi connectivity index (χ0v) is 14.5. The van der Waals surface area contributed by atoms with E-state index in [1.807, 2.05) is 30.5 Å². The van der Waals surface area contributed by atoms with Crippen molar-refractivity contribution in [3.63, 3.8) is 0 Å². The maximum atomic E-state index is 12.7. The standard InChI is InChI=1S/C20H21N3O2/c1-13(2)20-21-9-14-10-23(8-7-17(14)22-20)11-15-12-25-18-6-4-3-5-16(18)19(15)24/h3-6,9,12-13H,7-8,10-11H2,1-2H3. The van der Waals surface area contributed by atoms with Gasteiger partial charge in [-0.2, -0.15) is 0 Å². The van der Waals surface area contributed by atoms with Gasteiger partial charge >= 0.3 is 0 Å². The zero-order chi connectivity index (χ0) is 17.4. The lowest BCUT2D eigenvalue weighted by molar-refractivity contribution is 0.240. The fourth-order valence-corrected chi connectivity index (χ4v) is 3.27. The van der Waals surface area contributed by atoms with Crippen LogP contribution in [0.25, 0.3) is 11.0 Å². The molecule has 5 nitrogen and oxygen atoms in total. The summed E-state index contributed by atoms with van der Waals surface area (Å²) in [4.78, 5) is 24.1. The number of nitrogens with zero attached hydrogens (tertiary/aromatic N) is 3. The molecule has 0 amide bonds. The molecular weight excluding hydrogens is 314 g/mol. The van der Waals surface area contributed by atoms with Gasteiger partial charge in [-0.25, -0.2) is 9.97 Å². The first-order valence-corrected chi connectivity index (χ1v) is 8.68. The molecule has 128 valence electrons. The second kappa shape index (κ2) is 6.41. The first-order chi connectivity index (χ1) is 12.1. The lowest BCUT2D eigenvalue weighted by Gasteiger charge is -2.28. The normalized spacial score (nSPS) is 14.8. The van der Waals surface area contributed by atoms with Gasteiger partial charge in [0.05, 0.1) is 11.6 Å². The van der Waals surface area contributed by atoms with Crippen LogP contribution in [-0.4, -0.2) is 21.4 Å². The number of para-hydroxylation sites is 1. The molecule has 0 bridgehead atoms. The number of hydrogen-bond acceptors (Lipinski definition) is 5. The topological polar surface area (TPSA) is 59.2 Å². The Morgan fingerprint density at radius 1 is 1.28 bits per heavy atom. The van der Waals surface area contributed by atoms with E-state index < -0.39 is 0 Å². The van der Waals surface area contributed by atoms with Gasteiger partial charge in [0.2, 0.25) is 0 Å². The third-order valence-corrected chi connectivity index (χ3v) is 4.69. The summed E-state index contributed by atoms with van der Waals surface area (Å²) >= 11 is 0. The molecule has 1 aromatic carbocycles. The molecule has 25 heavy (non-hydrogen) atoms. The minimum Gasteiger partial charge on any atom is -0.464 e. The van der Waals surface area contributed by atoms with Crippen molar-refractivity contribution in [3.8, 4) is 0 Å². The Hall–Kier alpha value is -2.53. The summed E-state index contributed by atoms with van der Waals surface area (Å²) < 4.78 is 5.63. The number of aromatic nitrogens is 2. The van der Waals surface area contributed by atoms with Gasteiger partial charge in [-0.1, -0.05) is 26.0 Å². The van der Waals surface area contributed by atoms with Crippen molar-refractivity contribution in [2.45, 2.75) is 39.3 Å². The summed E-state index contributed by atoms with van der Waals surface area (Å²) in [6.07, 6.45) is 4.42. The molecule has 0 radical (unpaired) electrons. The molecule has 0 N–H and O–H groups in total. The van der Waals surface area contributed by atoms with Crippen molar-refractivity contribution in [3.05, 3.63) is 69.6 Å². The van der Waals surface area contributed by atoms with Crippen LogP contribution in [-0.2, 0) is 19.5 Å². The molecule has 0 saturated carbocycles. The van der Waals surface area contributed by atoms with Crippen molar-refractivity contribution in [1.82, 2.24) is 14.9 Å². The second-order valence-corrected chi connectivity index (χ2v) is 6.90. The summed E-state index contributed by atoms with van der Waals surface area (Å²) in [5.74, 6) is 1.24. The summed E-state index contributed by atoms with van der Waals surface area (Å²) in [7, 11) is 0. The van der Waals surface area contributed by atoms with Crippen LogP contribution in [0.4, 0.5) is 0 Å². The Bertz CT molecular complexity index is 978. The summed E-state index contributed by atoms with van der Waals surface area (Å²) in [5, 5.41) is 0.641. The molecule has 0 saturated heterocycles. The molecule has 0 unspecified atom stereocenters. The van der Waals surface area contributed by atoms with Crippen molar-refractivity contribution >= 4 is 11.0 Å². The molecular formula is C20H21N3O2. The van der Waals surface area contributed by atoms with Crippen LogP contribution in [0, 0.1) is 0 Å². The minimum absolute atomic E-state index is 0.0547. The van der Waals surface area contributed by atoms with Crippen LogP contribution in [0.15, 0.2) is 45.9 Å². The smallest absolute Gasteiger partial charge is 0.197 e. The Kier molecular flexibility index (Phi) is 4.09. The maximum Gasteiger partial charge on any atom is 0.197 e. The molecule has 3 aromatic rings. The van der Waals surface area contributed by atoms with E-state index in [-0.39, 0.29) is 5.43 Å². The van der Waals surface area contributed by atoms with E-state index in [1.165, 1.54) is 0 Å². The number of hydrogen-bond donors (Lipinski definition) is 0. The highest BCUT2D eigenvalue weighted by molar-refractivity contribution is 5.76. The van der Waals surface area contributed by atoms with E-state index >= 15 is 0 Å². The number of fused-ring (bicyclic) bond motifs is 2. The Labute approximate surface area is 146 Å². The summed E-state index contributed by atoms with van der Waals surface area (Å²) in [6.45, 7) is 6.44. The zero-order valence-electron chi connectivity index (χ0n) is 14.5. The SMILES string of the molecule is CC(C)c1ncc2c(n1)CCN(Cc1coc3ccccc3c1=O)C2. The van der Waals surface area contributed by atoms with Gasteiger partial charge in [-0.15, -0.1) is 0 Å². The average Bonchev–Trinajstić information content (AvgIpc) is 2.63. The number of benzene rings is 1. The Morgan fingerprint density at radius 2 is 2.12 bits per heavy atom. The number of rotatable bonds is 3. The van der Waals surface area contributed by atoms with E-state index in [9.17, 15) is 4.79 Å². The highest BCUT2D eigenvalue weighted by Gasteiger charge is 2.20. The largest absolute Gasteiger partial charge is 0.464 e. The van der Waals surface area contributed by atoms with Crippen molar-refractivity contribution in [1.29, 1.82) is 0 Å². The summed E-state index contributed by atoms with van der Waals surface area (Å²) in [5.41, 5.74) is 3.68. The lowest BCUT2D eigenvalue weighted by atomic mass is 10.1. The van der Waals surface area contributed by atoms with Gasteiger partial charge in [-0.05, 0) is 12.1 Å². The Balaban J connectivity index is 1.57. The van der Waals surface area contributed by atoms with Crippen LogP contribution < -0.4 is 5.43 Å². The highest BCUT2D eigenvalue weighted by atomic mass is 16.3. The van der Waals surface area contributed by atoms with Crippen molar-refractivity contribution in [2.75, 3.05) is 6.54 Å². The predicted octanol–water partition coefficient (Wildman–Crippen LogP) is 3.26. The van der Waals surface area contributed by atoms with E-state index in [1.54, 1.807) is 6.26 Å². The molecule has 3 heterocycles. The molecule has 0 spiro atoms.